The number of nitrogens with one attached hydrogen (secondary N) is 1. The summed E-state index contributed by atoms with van der Waals surface area (Å²) >= 11 is 0. The van der Waals surface area contributed by atoms with Crippen LogP contribution in [0, 0.1) is 0 Å². The topological polar surface area (TPSA) is 29.1 Å². The van der Waals surface area contributed by atoms with Gasteiger partial charge in [0.05, 0.1) is 0 Å². The lowest BCUT2D eigenvalue weighted by molar-refractivity contribution is -0.436. The normalized spacial score (nSPS) is 15.5. The van der Waals surface area contributed by atoms with Crippen molar-refractivity contribution in [3.8, 4) is 0 Å². The largest absolute Gasteiger partial charge is 0.460 e. The molecule has 150 valence electrons. The maximum absolute atomic E-state index is 13.2. The molecule has 0 saturated carbocycles. The van der Waals surface area contributed by atoms with E-state index in [0.29, 0.717) is 0 Å². The van der Waals surface area contributed by atoms with Gasteiger partial charge in [-0.05, 0) is 13.8 Å². The van der Waals surface area contributed by atoms with Gasteiger partial charge in [0.15, 0.2) is 0 Å². The smallest absolute Gasteiger partial charge is 0.348 e. The number of rotatable bonds is 6. The van der Waals surface area contributed by atoms with Crippen molar-refractivity contribution in [1.82, 2.24) is 5.32 Å². The Morgan fingerprint density at radius 1 is 0.640 bits per heavy atom. The minimum absolute atomic E-state index is 0.844. The molecule has 0 atom stereocenters. The molecule has 15 heteroatoms. The second-order valence-electron chi connectivity index (χ2n) is 5.00. The molecule has 0 aromatic carbocycles. The third-order valence-electron chi connectivity index (χ3n) is 2.64. The zero-order chi connectivity index (χ0) is 20.9. The van der Waals surface area contributed by atoms with Crippen molar-refractivity contribution in [3.05, 3.63) is 0 Å². The van der Waals surface area contributed by atoms with Crippen LogP contribution >= 0.6 is 0 Å². The first-order valence-corrected chi connectivity index (χ1v) is 5.85. The minimum atomic E-state index is -8.01. The molecular formula is C10H8F13NO. The van der Waals surface area contributed by atoms with Crippen molar-refractivity contribution in [1.29, 1.82) is 0 Å². The molecule has 0 rings (SSSR count). The summed E-state index contributed by atoms with van der Waals surface area (Å²) in [6.45, 7) is 1.69. The summed E-state index contributed by atoms with van der Waals surface area (Å²) in [5.41, 5.74) is 0. The summed E-state index contributed by atoms with van der Waals surface area (Å²) in [6, 6.07) is -1.42. The average Bonchev–Trinajstić information content (AvgIpc) is 2.35. The van der Waals surface area contributed by atoms with Crippen molar-refractivity contribution >= 4 is 5.91 Å². The number of carbonyl (C=O) groups is 1. The molecule has 0 radical (unpaired) electrons. The monoisotopic (exact) mass is 405 g/mol. The van der Waals surface area contributed by atoms with Gasteiger partial charge in [0.25, 0.3) is 5.91 Å². The summed E-state index contributed by atoms with van der Waals surface area (Å²) in [6.07, 6.45) is -7.48. The van der Waals surface area contributed by atoms with Gasteiger partial charge in [0.2, 0.25) is 0 Å². The lowest BCUT2D eigenvalue weighted by Crippen LogP contribution is -2.72. The van der Waals surface area contributed by atoms with Crippen LogP contribution in [0.15, 0.2) is 0 Å². The Morgan fingerprint density at radius 3 is 1.24 bits per heavy atom. The maximum Gasteiger partial charge on any atom is 0.460 e. The molecule has 2 nitrogen and oxygen atoms in total. The van der Waals surface area contributed by atoms with Gasteiger partial charge in [0, 0.05) is 6.04 Å². The highest BCUT2D eigenvalue weighted by Crippen LogP contribution is 2.60. The minimum Gasteiger partial charge on any atom is -0.348 e. The van der Waals surface area contributed by atoms with E-state index in [1.165, 1.54) is 0 Å². The fourth-order valence-electron chi connectivity index (χ4n) is 1.26. The standard InChI is InChI=1S/C10H8F13NO/c1-3(2)24-4(25)5(11,12)6(13,14)7(15,16)8(17,18)9(19,20)10(21,22)23/h3H,1-2H3,(H,24,25). The molecule has 0 fully saturated rings. The summed E-state index contributed by atoms with van der Waals surface area (Å²) in [4.78, 5) is 10.8. The van der Waals surface area contributed by atoms with Crippen LogP contribution in [0.4, 0.5) is 57.1 Å². The van der Waals surface area contributed by atoms with Crippen LogP contribution in [0.25, 0.3) is 0 Å². The van der Waals surface area contributed by atoms with Gasteiger partial charge in [-0.3, -0.25) is 4.79 Å². The van der Waals surface area contributed by atoms with Crippen LogP contribution in [0.1, 0.15) is 13.8 Å². The Morgan fingerprint density at radius 2 is 0.960 bits per heavy atom. The van der Waals surface area contributed by atoms with E-state index in [9.17, 15) is 61.9 Å². The fraction of sp³-hybridized carbons (Fsp3) is 0.900. The molecule has 25 heavy (non-hydrogen) atoms. The average molecular weight is 405 g/mol. The first-order valence-electron chi connectivity index (χ1n) is 5.85. The van der Waals surface area contributed by atoms with Crippen molar-refractivity contribution in [3.63, 3.8) is 0 Å². The summed E-state index contributed by atoms with van der Waals surface area (Å²) < 4.78 is 165. The van der Waals surface area contributed by atoms with E-state index in [1.54, 1.807) is 0 Å². The third kappa shape index (κ3) is 3.32. The Balaban J connectivity index is 6.25. The predicted molar refractivity (Wildman–Crippen MR) is 54.1 cm³/mol. The van der Waals surface area contributed by atoms with Crippen molar-refractivity contribution < 1.29 is 61.9 Å². The van der Waals surface area contributed by atoms with E-state index in [2.05, 4.69) is 0 Å². The van der Waals surface area contributed by atoms with Crippen LogP contribution in [0.2, 0.25) is 0 Å². The van der Waals surface area contributed by atoms with E-state index in [4.69, 9.17) is 0 Å². The molecule has 0 aromatic heterocycles. The molecule has 0 aliphatic rings. The zero-order valence-electron chi connectivity index (χ0n) is 11.9. The molecule has 0 unspecified atom stereocenters. The summed E-state index contributed by atoms with van der Waals surface area (Å²) in [5.74, 6) is -41.4. The molecular weight excluding hydrogens is 397 g/mol. The molecule has 0 aromatic rings. The van der Waals surface area contributed by atoms with Crippen LogP contribution in [0.3, 0.4) is 0 Å². The van der Waals surface area contributed by atoms with Crippen LogP contribution in [0.5, 0.6) is 0 Å². The van der Waals surface area contributed by atoms with Crippen molar-refractivity contribution in [2.45, 2.75) is 55.7 Å². The van der Waals surface area contributed by atoms with Gasteiger partial charge in [-0.2, -0.15) is 57.1 Å². The number of alkyl halides is 13. The van der Waals surface area contributed by atoms with Gasteiger partial charge in [-0.1, -0.05) is 0 Å². The van der Waals surface area contributed by atoms with Gasteiger partial charge in [0.1, 0.15) is 0 Å². The number of carbonyl (C=O) groups excluding carboxylic acids is 1. The van der Waals surface area contributed by atoms with E-state index < -0.39 is 47.7 Å². The number of hydrogen-bond acceptors (Lipinski definition) is 1. The summed E-state index contributed by atoms with van der Waals surface area (Å²) in [5, 5.41) is 0.925. The molecule has 1 amide bonds. The molecule has 0 bridgehead atoms. The quantitative estimate of drug-likeness (QED) is 0.658. The Labute approximate surface area is 130 Å². The fourth-order valence-corrected chi connectivity index (χ4v) is 1.26. The van der Waals surface area contributed by atoms with Crippen molar-refractivity contribution in [2.24, 2.45) is 0 Å². The molecule has 0 aliphatic carbocycles. The van der Waals surface area contributed by atoms with E-state index in [1.807, 2.05) is 0 Å². The second kappa shape index (κ2) is 6.07. The lowest BCUT2D eigenvalue weighted by atomic mass is 9.93. The lowest BCUT2D eigenvalue weighted by Gasteiger charge is -2.39. The number of amides is 1. The second-order valence-corrected chi connectivity index (χ2v) is 5.00. The van der Waals surface area contributed by atoms with Crippen molar-refractivity contribution in [2.75, 3.05) is 0 Å². The Hall–Kier alpha value is -1.44. The Kier molecular flexibility index (Phi) is 5.72. The van der Waals surface area contributed by atoms with Gasteiger partial charge in [-0.25, -0.2) is 0 Å². The van der Waals surface area contributed by atoms with E-state index >= 15 is 0 Å². The van der Waals surface area contributed by atoms with Crippen LogP contribution < -0.4 is 5.32 Å². The molecule has 0 spiro atoms. The SMILES string of the molecule is CC(C)NC(=O)C(F)(F)C(F)(F)C(F)(F)C(F)(F)C(F)(F)C(F)(F)F. The number of halogens is 13. The molecule has 0 heterocycles. The van der Waals surface area contributed by atoms with Gasteiger partial charge in [-0.15, -0.1) is 0 Å². The summed E-state index contributed by atoms with van der Waals surface area (Å²) in [7, 11) is 0. The highest BCUT2D eigenvalue weighted by molar-refractivity contribution is 5.85. The zero-order valence-corrected chi connectivity index (χ0v) is 11.9. The third-order valence-corrected chi connectivity index (χ3v) is 2.64. The first-order chi connectivity index (χ1) is 10.6. The highest BCUT2D eigenvalue weighted by atomic mass is 19.4. The number of hydrogen-bond donors (Lipinski definition) is 1. The molecule has 0 aliphatic heterocycles. The van der Waals surface area contributed by atoms with E-state index in [0.717, 1.165) is 19.2 Å². The predicted octanol–water partition coefficient (Wildman–Crippen LogP) is 4.25. The van der Waals surface area contributed by atoms with E-state index in [-0.39, 0.29) is 0 Å². The van der Waals surface area contributed by atoms with Crippen LogP contribution in [-0.2, 0) is 4.79 Å². The van der Waals surface area contributed by atoms with Gasteiger partial charge < -0.3 is 5.32 Å². The molecule has 0 saturated heterocycles. The maximum atomic E-state index is 13.2. The van der Waals surface area contributed by atoms with Crippen LogP contribution in [-0.4, -0.2) is 47.7 Å². The van der Waals surface area contributed by atoms with Gasteiger partial charge >= 0.3 is 35.8 Å². The molecule has 1 N–H and O–H groups in total. The Bertz CT molecular complexity index is 507. The first kappa shape index (κ1) is 23.6. The highest BCUT2D eigenvalue weighted by Gasteiger charge is 2.91.